The van der Waals surface area contributed by atoms with Gasteiger partial charge in [0.05, 0.1) is 28.4 Å². The average molecular weight is 423 g/mol. The molecular formula is C22H21N3O4S. The fraction of sp³-hybridized carbons (Fsp3) is 0.273. The standard InChI is InChI=1S/C22H21N3O4S/c1-4-29-14-7-8-15-16(10-14)30-22(24-15)25-18(13-6-5-9-23-11-13)17(19(26)12(2)3)20(27)21(25)28/h5-12,18,27H,4H2,1-3H3. The Kier molecular flexibility index (Phi) is 5.26. The van der Waals surface area contributed by atoms with E-state index in [4.69, 9.17) is 4.74 Å². The molecule has 154 valence electrons. The normalized spacial score (nSPS) is 16.7. The lowest BCUT2D eigenvalue weighted by molar-refractivity contribution is -0.119. The molecule has 1 atom stereocenters. The number of thiazole rings is 1. The van der Waals surface area contributed by atoms with Crippen LogP contribution in [0.2, 0.25) is 0 Å². The van der Waals surface area contributed by atoms with E-state index >= 15 is 0 Å². The lowest BCUT2D eigenvalue weighted by Gasteiger charge is -2.24. The van der Waals surface area contributed by atoms with Gasteiger partial charge in [0.15, 0.2) is 16.7 Å². The molecule has 1 aromatic carbocycles. The summed E-state index contributed by atoms with van der Waals surface area (Å²) in [5.74, 6) is -1.11. The van der Waals surface area contributed by atoms with Gasteiger partial charge in [-0.25, -0.2) is 4.98 Å². The summed E-state index contributed by atoms with van der Waals surface area (Å²) >= 11 is 1.31. The zero-order valence-electron chi connectivity index (χ0n) is 16.8. The topological polar surface area (TPSA) is 92.6 Å². The molecule has 2 aromatic heterocycles. The molecule has 3 aromatic rings. The molecule has 8 heteroatoms. The van der Waals surface area contributed by atoms with Crippen molar-refractivity contribution in [3.05, 3.63) is 59.6 Å². The van der Waals surface area contributed by atoms with Crippen LogP contribution in [0.1, 0.15) is 32.4 Å². The first-order chi connectivity index (χ1) is 14.4. The van der Waals surface area contributed by atoms with Gasteiger partial charge in [0.25, 0.3) is 5.91 Å². The second kappa shape index (κ2) is 7.87. The van der Waals surface area contributed by atoms with Crippen LogP contribution in [-0.4, -0.2) is 33.4 Å². The average Bonchev–Trinajstić information content (AvgIpc) is 3.26. The van der Waals surface area contributed by atoms with E-state index in [9.17, 15) is 14.7 Å². The van der Waals surface area contributed by atoms with Gasteiger partial charge in [0.1, 0.15) is 5.75 Å². The zero-order chi connectivity index (χ0) is 21.4. The van der Waals surface area contributed by atoms with Crippen LogP contribution in [0, 0.1) is 5.92 Å². The predicted molar refractivity (Wildman–Crippen MR) is 115 cm³/mol. The van der Waals surface area contributed by atoms with Crippen LogP contribution in [0.5, 0.6) is 5.75 Å². The number of aliphatic hydroxyl groups is 1. The number of ether oxygens (including phenoxy) is 1. The number of benzene rings is 1. The quantitative estimate of drug-likeness (QED) is 0.638. The van der Waals surface area contributed by atoms with Crippen LogP contribution in [0.3, 0.4) is 0 Å². The van der Waals surface area contributed by atoms with E-state index in [1.807, 2.05) is 25.1 Å². The van der Waals surface area contributed by atoms with Crippen LogP contribution in [0.4, 0.5) is 5.13 Å². The van der Waals surface area contributed by atoms with Crippen LogP contribution in [0.25, 0.3) is 10.2 Å². The highest BCUT2D eigenvalue weighted by molar-refractivity contribution is 7.22. The first kappa shape index (κ1) is 20.0. The van der Waals surface area contributed by atoms with Gasteiger partial charge in [-0.3, -0.25) is 19.5 Å². The Morgan fingerprint density at radius 2 is 2.13 bits per heavy atom. The van der Waals surface area contributed by atoms with Gasteiger partial charge in [-0.05, 0) is 36.8 Å². The van der Waals surface area contributed by atoms with Crippen molar-refractivity contribution in [2.45, 2.75) is 26.8 Å². The molecule has 1 aliphatic rings. The number of aliphatic hydroxyl groups excluding tert-OH is 1. The molecule has 7 nitrogen and oxygen atoms in total. The third-order valence-corrected chi connectivity index (χ3v) is 5.88. The fourth-order valence-corrected chi connectivity index (χ4v) is 4.49. The summed E-state index contributed by atoms with van der Waals surface area (Å²) in [6.45, 7) is 5.93. The molecule has 0 bridgehead atoms. The van der Waals surface area contributed by atoms with E-state index in [1.165, 1.54) is 16.2 Å². The third-order valence-electron chi connectivity index (χ3n) is 4.86. The van der Waals surface area contributed by atoms with Gasteiger partial charge >= 0.3 is 0 Å². The lowest BCUT2D eigenvalue weighted by Crippen LogP contribution is -2.31. The van der Waals surface area contributed by atoms with Gasteiger partial charge in [-0.2, -0.15) is 0 Å². The van der Waals surface area contributed by atoms with E-state index in [0.29, 0.717) is 28.6 Å². The number of fused-ring (bicyclic) bond motifs is 1. The molecule has 1 unspecified atom stereocenters. The van der Waals surface area contributed by atoms with Crippen molar-refractivity contribution >= 4 is 38.4 Å². The van der Waals surface area contributed by atoms with E-state index in [-0.39, 0.29) is 17.3 Å². The number of carbonyl (C=O) groups excluding carboxylic acids is 2. The number of carbonyl (C=O) groups is 2. The monoisotopic (exact) mass is 423 g/mol. The highest BCUT2D eigenvalue weighted by atomic mass is 32.1. The van der Waals surface area contributed by atoms with Gasteiger partial charge in [0, 0.05) is 18.3 Å². The smallest absolute Gasteiger partial charge is 0.296 e. The van der Waals surface area contributed by atoms with Crippen molar-refractivity contribution in [3.8, 4) is 5.75 Å². The largest absolute Gasteiger partial charge is 0.503 e. The van der Waals surface area contributed by atoms with E-state index in [0.717, 1.165) is 4.70 Å². The van der Waals surface area contributed by atoms with Crippen molar-refractivity contribution in [2.75, 3.05) is 11.5 Å². The molecule has 30 heavy (non-hydrogen) atoms. The molecule has 0 saturated heterocycles. The van der Waals surface area contributed by atoms with Crippen molar-refractivity contribution < 1.29 is 19.4 Å². The Balaban J connectivity index is 1.85. The summed E-state index contributed by atoms with van der Waals surface area (Å²) in [5, 5.41) is 11.0. The van der Waals surface area contributed by atoms with Gasteiger partial charge < -0.3 is 9.84 Å². The summed E-state index contributed by atoms with van der Waals surface area (Å²) in [5.41, 5.74) is 1.42. The second-order valence-corrected chi connectivity index (χ2v) is 8.21. The molecule has 0 aliphatic carbocycles. The minimum atomic E-state index is -0.784. The molecule has 1 N–H and O–H groups in total. The second-order valence-electron chi connectivity index (χ2n) is 7.20. The van der Waals surface area contributed by atoms with Gasteiger partial charge in [-0.1, -0.05) is 31.3 Å². The summed E-state index contributed by atoms with van der Waals surface area (Å²) in [7, 11) is 0. The van der Waals surface area contributed by atoms with Crippen molar-refractivity contribution in [1.29, 1.82) is 0 Å². The highest BCUT2D eigenvalue weighted by Crippen LogP contribution is 2.44. The molecule has 1 amide bonds. The Bertz CT molecular complexity index is 1150. The molecular weight excluding hydrogens is 402 g/mol. The fourth-order valence-electron chi connectivity index (χ4n) is 3.47. The number of hydrogen-bond acceptors (Lipinski definition) is 7. The van der Waals surface area contributed by atoms with Crippen molar-refractivity contribution in [2.24, 2.45) is 5.92 Å². The number of amides is 1. The lowest BCUT2D eigenvalue weighted by atomic mass is 9.92. The van der Waals surface area contributed by atoms with Crippen LogP contribution in [0.15, 0.2) is 54.1 Å². The van der Waals surface area contributed by atoms with Crippen LogP contribution >= 0.6 is 11.3 Å². The van der Waals surface area contributed by atoms with Crippen molar-refractivity contribution in [1.82, 2.24) is 9.97 Å². The Labute approximate surface area is 177 Å². The Hall–Kier alpha value is -3.26. The number of Topliss-reactive ketones (excluding diaryl/α,β-unsaturated/α-hetero) is 1. The van der Waals surface area contributed by atoms with Crippen molar-refractivity contribution in [3.63, 3.8) is 0 Å². The molecule has 0 radical (unpaired) electrons. The number of anilines is 1. The molecule has 4 rings (SSSR count). The number of ketones is 1. The van der Waals surface area contributed by atoms with Crippen LogP contribution in [-0.2, 0) is 9.59 Å². The number of aromatic nitrogens is 2. The summed E-state index contributed by atoms with van der Waals surface area (Å²) < 4.78 is 6.39. The van der Waals surface area contributed by atoms with E-state index < -0.39 is 17.7 Å². The van der Waals surface area contributed by atoms with Gasteiger partial charge in [0.2, 0.25) is 0 Å². The minimum absolute atomic E-state index is 0.0808. The Morgan fingerprint density at radius 3 is 2.80 bits per heavy atom. The summed E-state index contributed by atoms with van der Waals surface area (Å²) in [6.07, 6.45) is 3.21. The number of hydrogen-bond donors (Lipinski definition) is 1. The zero-order valence-corrected chi connectivity index (χ0v) is 17.6. The maximum Gasteiger partial charge on any atom is 0.296 e. The molecule has 1 aliphatic heterocycles. The maximum absolute atomic E-state index is 13.1. The molecule has 3 heterocycles. The third kappa shape index (κ3) is 3.33. The number of pyridine rings is 1. The molecule has 0 fully saturated rings. The SMILES string of the molecule is CCOc1ccc2nc(N3C(=O)C(O)=C(C(=O)C(C)C)C3c3cccnc3)sc2c1. The van der Waals surface area contributed by atoms with E-state index in [1.54, 1.807) is 38.4 Å². The van der Waals surface area contributed by atoms with Gasteiger partial charge in [-0.15, -0.1) is 0 Å². The highest BCUT2D eigenvalue weighted by Gasteiger charge is 2.46. The first-order valence-electron chi connectivity index (χ1n) is 9.66. The maximum atomic E-state index is 13.1. The summed E-state index contributed by atoms with van der Waals surface area (Å²) in [6, 6.07) is 8.25. The molecule has 0 saturated carbocycles. The minimum Gasteiger partial charge on any atom is -0.503 e. The number of nitrogens with zero attached hydrogens (tertiary/aromatic N) is 3. The van der Waals surface area contributed by atoms with E-state index in [2.05, 4.69) is 9.97 Å². The first-order valence-corrected chi connectivity index (χ1v) is 10.5. The Morgan fingerprint density at radius 1 is 1.33 bits per heavy atom. The number of rotatable bonds is 6. The summed E-state index contributed by atoms with van der Waals surface area (Å²) in [4.78, 5) is 36.1. The molecule has 0 spiro atoms. The van der Waals surface area contributed by atoms with Crippen LogP contribution < -0.4 is 9.64 Å². The predicted octanol–water partition coefficient (Wildman–Crippen LogP) is 4.22.